The van der Waals surface area contributed by atoms with Crippen molar-refractivity contribution < 1.29 is 14.2 Å². The zero-order chi connectivity index (χ0) is 19.1. The highest BCUT2D eigenvalue weighted by molar-refractivity contribution is 5.68. The molecule has 0 atom stereocenters. The Bertz CT molecular complexity index is 870. The molecule has 1 aliphatic carbocycles. The highest BCUT2D eigenvalue weighted by Gasteiger charge is 2.42. The summed E-state index contributed by atoms with van der Waals surface area (Å²) in [5.41, 5.74) is 4.50. The lowest BCUT2D eigenvalue weighted by Crippen LogP contribution is -2.54. The third-order valence-corrected chi connectivity index (χ3v) is 6.60. The fraction of sp³-hybridized carbons (Fsp3) is 0.522. The van der Waals surface area contributed by atoms with Crippen LogP contribution in [0.2, 0.25) is 0 Å². The number of likely N-dealkylation sites (tertiary alicyclic amines) is 1. The molecule has 0 bridgehead atoms. The van der Waals surface area contributed by atoms with E-state index in [1.54, 1.807) is 7.11 Å². The van der Waals surface area contributed by atoms with Gasteiger partial charge in [-0.3, -0.25) is 4.90 Å². The van der Waals surface area contributed by atoms with Gasteiger partial charge >= 0.3 is 0 Å². The second-order valence-corrected chi connectivity index (χ2v) is 8.29. The normalized spacial score (nSPS) is 21.6. The summed E-state index contributed by atoms with van der Waals surface area (Å²) in [7, 11) is 1.64. The average Bonchev–Trinajstić information content (AvgIpc) is 2.68. The molecule has 148 valence electrons. The third-order valence-electron chi connectivity index (χ3n) is 6.60. The van der Waals surface area contributed by atoms with E-state index in [-0.39, 0.29) is 0 Å². The van der Waals surface area contributed by atoms with E-state index in [0.717, 1.165) is 60.0 Å². The van der Waals surface area contributed by atoms with E-state index in [9.17, 15) is 0 Å². The van der Waals surface area contributed by atoms with Crippen LogP contribution in [0.25, 0.3) is 11.1 Å². The average molecular weight is 380 g/mol. The molecule has 5 heteroatoms. The number of pyridine rings is 1. The Hall–Kier alpha value is -2.11. The van der Waals surface area contributed by atoms with E-state index in [1.165, 1.54) is 19.3 Å². The van der Waals surface area contributed by atoms with Gasteiger partial charge in [0, 0.05) is 55.4 Å². The van der Waals surface area contributed by atoms with Gasteiger partial charge in [0.1, 0.15) is 5.75 Å². The first kappa shape index (κ1) is 18.0. The van der Waals surface area contributed by atoms with Gasteiger partial charge in [-0.05, 0) is 43.0 Å². The number of ether oxygens (including phenoxy) is 3. The maximum Gasteiger partial charge on any atom is 0.213 e. The Kier molecular flexibility index (Phi) is 4.52. The number of rotatable bonds is 3. The van der Waals surface area contributed by atoms with Gasteiger partial charge < -0.3 is 14.2 Å². The van der Waals surface area contributed by atoms with Crippen molar-refractivity contribution in [2.24, 2.45) is 0 Å². The predicted molar refractivity (Wildman–Crippen MR) is 108 cm³/mol. The minimum atomic E-state index is -0.438. The Balaban J connectivity index is 1.32. The van der Waals surface area contributed by atoms with Crippen molar-refractivity contribution in [2.45, 2.75) is 57.5 Å². The van der Waals surface area contributed by atoms with Crippen LogP contribution in [-0.2, 0) is 11.3 Å². The van der Waals surface area contributed by atoms with E-state index in [4.69, 9.17) is 14.2 Å². The summed E-state index contributed by atoms with van der Waals surface area (Å²) in [6.45, 7) is 4.84. The molecule has 1 aromatic heterocycles. The summed E-state index contributed by atoms with van der Waals surface area (Å²) in [6, 6.07) is 9.15. The maximum absolute atomic E-state index is 6.41. The fourth-order valence-electron chi connectivity index (χ4n) is 4.57. The number of nitrogens with zero attached hydrogens (tertiary/aromatic N) is 2. The lowest BCUT2D eigenvalue weighted by atomic mass is 9.89. The molecule has 28 heavy (non-hydrogen) atoms. The van der Waals surface area contributed by atoms with Crippen LogP contribution in [0.3, 0.4) is 0 Å². The number of aryl methyl sites for hydroxylation is 1. The number of fused-ring (bicyclic) bond motifs is 1. The molecule has 2 aliphatic heterocycles. The molecule has 5 nitrogen and oxygen atoms in total. The lowest BCUT2D eigenvalue weighted by Gasteiger charge is -2.47. The number of aromatic nitrogens is 1. The summed E-state index contributed by atoms with van der Waals surface area (Å²) in [5.74, 6) is 1.17. The molecular formula is C23H28N2O3. The summed E-state index contributed by atoms with van der Waals surface area (Å²) < 4.78 is 17.9. The molecule has 2 aromatic rings. The topological polar surface area (TPSA) is 43.8 Å². The molecular weight excluding hydrogens is 352 g/mol. The monoisotopic (exact) mass is 380 g/mol. The molecule has 2 fully saturated rings. The first-order valence-corrected chi connectivity index (χ1v) is 10.4. The summed E-state index contributed by atoms with van der Waals surface area (Å²) in [4.78, 5) is 6.98. The lowest BCUT2D eigenvalue weighted by molar-refractivity contribution is -0.231. The molecule has 0 unspecified atom stereocenters. The van der Waals surface area contributed by atoms with Crippen molar-refractivity contribution in [3.05, 3.63) is 41.6 Å². The van der Waals surface area contributed by atoms with Crippen LogP contribution in [0.5, 0.6) is 11.6 Å². The Morgan fingerprint density at radius 3 is 2.68 bits per heavy atom. The van der Waals surface area contributed by atoms with Gasteiger partial charge in [0.2, 0.25) is 11.7 Å². The second kappa shape index (κ2) is 7.05. The van der Waals surface area contributed by atoms with Gasteiger partial charge in [-0.15, -0.1) is 0 Å². The van der Waals surface area contributed by atoms with Crippen molar-refractivity contribution in [1.82, 2.24) is 9.88 Å². The predicted octanol–water partition coefficient (Wildman–Crippen LogP) is 4.32. The van der Waals surface area contributed by atoms with Crippen LogP contribution in [0.4, 0.5) is 0 Å². The first-order valence-electron chi connectivity index (χ1n) is 10.4. The molecule has 0 amide bonds. The Morgan fingerprint density at radius 2 is 2.00 bits per heavy atom. The zero-order valence-electron chi connectivity index (χ0n) is 16.7. The van der Waals surface area contributed by atoms with Gasteiger partial charge in [0.05, 0.1) is 13.7 Å². The van der Waals surface area contributed by atoms with Crippen LogP contribution in [-0.4, -0.2) is 41.9 Å². The van der Waals surface area contributed by atoms with E-state index in [2.05, 4.69) is 35.0 Å². The Morgan fingerprint density at radius 1 is 1.18 bits per heavy atom. The molecule has 3 heterocycles. The van der Waals surface area contributed by atoms with Crippen molar-refractivity contribution in [2.75, 3.05) is 20.2 Å². The molecule has 1 spiro atoms. The smallest absolute Gasteiger partial charge is 0.213 e. The van der Waals surface area contributed by atoms with Crippen LogP contribution in [0, 0.1) is 6.92 Å². The molecule has 1 saturated carbocycles. The van der Waals surface area contributed by atoms with E-state index in [1.807, 2.05) is 12.3 Å². The highest BCUT2D eigenvalue weighted by Crippen LogP contribution is 2.40. The van der Waals surface area contributed by atoms with Crippen LogP contribution >= 0.6 is 0 Å². The molecule has 5 rings (SSSR count). The van der Waals surface area contributed by atoms with Crippen molar-refractivity contribution in [1.29, 1.82) is 0 Å². The number of benzene rings is 1. The zero-order valence-corrected chi connectivity index (χ0v) is 16.7. The number of hydrogen-bond donors (Lipinski definition) is 0. The van der Waals surface area contributed by atoms with Crippen molar-refractivity contribution in [3.63, 3.8) is 0 Å². The SMILES string of the molecule is COc1cc(C)c(-c2ccc3c(c2)COC2(CCN(C4CCC4)CC2)O3)cn1. The molecule has 3 aliphatic rings. The standard InChI is InChI=1S/C23H28N2O3/c1-16-12-22(26-2)24-14-20(16)17-6-7-21-18(13-17)15-27-23(28-21)8-10-25(11-9-23)19-4-3-5-19/h6-7,12-14,19H,3-5,8-11,15H2,1-2H3. The summed E-state index contributed by atoms with van der Waals surface area (Å²) >= 11 is 0. The van der Waals surface area contributed by atoms with Crippen molar-refractivity contribution in [3.8, 4) is 22.8 Å². The van der Waals surface area contributed by atoms with E-state index in [0.29, 0.717) is 12.5 Å². The molecule has 1 saturated heterocycles. The van der Waals surface area contributed by atoms with Gasteiger partial charge in [0.15, 0.2) is 0 Å². The van der Waals surface area contributed by atoms with Crippen LogP contribution in [0.1, 0.15) is 43.2 Å². The largest absolute Gasteiger partial charge is 0.481 e. The number of piperidine rings is 1. The highest BCUT2D eigenvalue weighted by atomic mass is 16.7. The van der Waals surface area contributed by atoms with Crippen LogP contribution in [0.15, 0.2) is 30.5 Å². The van der Waals surface area contributed by atoms with Crippen molar-refractivity contribution >= 4 is 0 Å². The maximum atomic E-state index is 6.41. The fourth-order valence-corrected chi connectivity index (χ4v) is 4.57. The van der Waals surface area contributed by atoms with Crippen LogP contribution < -0.4 is 9.47 Å². The van der Waals surface area contributed by atoms with E-state index >= 15 is 0 Å². The van der Waals surface area contributed by atoms with Gasteiger partial charge in [0.25, 0.3) is 0 Å². The Labute approximate surface area is 166 Å². The minimum Gasteiger partial charge on any atom is -0.481 e. The van der Waals surface area contributed by atoms with E-state index < -0.39 is 5.79 Å². The summed E-state index contributed by atoms with van der Waals surface area (Å²) in [6.07, 6.45) is 7.88. The number of methoxy groups -OCH3 is 1. The number of hydrogen-bond acceptors (Lipinski definition) is 5. The minimum absolute atomic E-state index is 0.438. The third kappa shape index (κ3) is 3.16. The molecule has 0 N–H and O–H groups in total. The molecule has 0 radical (unpaired) electrons. The first-order chi connectivity index (χ1) is 13.7. The molecule has 1 aromatic carbocycles. The van der Waals surface area contributed by atoms with Gasteiger partial charge in [-0.2, -0.15) is 0 Å². The van der Waals surface area contributed by atoms with Gasteiger partial charge in [-0.1, -0.05) is 12.5 Å². The summed E-state index contributed by atoms with van der Waals surface area (Å²) in [5, 5.41) is 0. The second-order valence-electron chi connectivity index (χ2n) is 8.29. The van der Waals surface area contributed by atoms with Gasteiger partial charge in [-0.25, -0.2) is 4.98 Å². The quantitative estimate of drug-likeness (QED) is 0.793.